The maximum atomic E-state index is 12.9. The molecule has 0 amide bonds. The van der Waals surface area contributed by atoms with E-state index in [9.17, 15) is 14.0 Å². The minimum absolute atomic E-state index is 0.227. The fraction of sp³-hybridized carbons (Fsp3) is 0.368. The van der Waals surface area contributed by atoms with Crippen LogP contribution < -0.4 is 0 Å². The van der Waals surface area contributed by atoms with Gasteiger partial charge in [-0.1, -0.05) is 0 Å². The first-order valence-corrected chi connectivity index (χ1v) is 7.91. The van der Waals surface area contributed by atoms with E-state index in [1.807, 2.05) is 32.3 Å². The number of hydrogen-bond donors (Lipinski definition) is 0. The van der Waals surface area contributed by atoms with Crippen molar-refractivity contribution < 1.29 is 18.7 Å². The van der Waals surface area contributed by atoms with Crippen LogP contribution in [0.5, 0.6) is 0 Å². The second-order valence-electron chi connectivity index (χ2n) is 6.17. The van der Waals surface area contributed by atoms with Gasteiger partial charge in [-0.25, -0.2) is 9.18 Å². The molecule has 0 bridgehead atoms. The van der Waals surface area contributed by atoms with Crippen molar-refractivity contribution in [3.63, 3.8) is 0 Å². The Morgan fingerprint density at radius 3 is 2.17 bits per heavy atom. The average Bonchev–Trinajstić information content (AvgIpc) is 2.82. The number of aryl methyl sites for hydroxylation is 1. The molecule has 1 atom stereocenters. The SMILES string of the molecule is Cc1cc(C(=O)O[C@H](C)C(=O)c2ccc(F)cc2)c(C)n1C(C)C. The van der Waals surface area contributed by atoms with Crippen LogP contribution >= 0.6 is 0 Å². The first-order valence-electron chi connectivity index (χ1n) is 7.91. The van der Waals surface area contributed by atoms with Crippen LogP contribution in [0, 0.1) is 19.7 Å². The van der Waals surface area contributed by atoms with Gasteiger partial charge in [0.1, 0.15) is 5.82 Å². The molecule has 1 heterocycles. The van der Waals surface area contributed by atoms with Gasteiger partial charge in [-0.05, 0) is 65.0 Å². The summed E-state index contributed by atoms with van der Waals surface area (Å²) in [6, 6.07) is 7.17. The third-order valence-electron chi connectivity index (χ3n) is 4.00. The van der Waals surface area contributed by atoms with E-state index in [1.165, 1.54) is 31.2 Å². The molecule has 0 saturated heterocycles. The summed E-state index contributed by atoms with van der Waals surface area (Å²) in [6.45, 7) is 9.38. The summed E-state index contributed by atoms with van der Waals surface area (Å²) < 4.78 is 20.3. The molecule has 0 N–H and O–H groups in total. The molecule has 0 aliphatic rings. The molecule has 1 aromatic carbocycles. The maximum Gasteiger partial charge on any atom is 0.340 e. The lowest BCUT2D eigenvalue weighted by atomic mass is 10.1. The third-order valence-corrected chi connectivity index (χ3v) is 4.00. The molecule has 0 unspecified atom stereocenters. The van der Waals surface area contributed by atoms with Crippen LogP contribution in [0.15, 0.2) is 30.3 Å². The summed E-state index contributed by atoms with van der Waals surface area (Å²) in [7, 11) is 0. The molecule has 0 spiro atoms. The zero-order valence-electron chi connectivity index (χ0n) is 14.6. The van der Waals surface area contributed by atoms with Crippen molar-refractivity contribution in [2.75, 3.05) is 0 Å². The Hall–Kier alpha value is -2.43. The van der Waals surface area contributed by atoms with Crippen LogP contribution in [-0.2, 0) is 4.74 Å². The van der Waals surface area contributed by atoms with Gasteiger partial charge in [-0.3, -0.25) is 4.79 Å². The van der Waals surface area contributed by atoms with Crippen LogP contribution in [-0.4, -0.2) is 22.4 Å². The van der Waals surface area contributed by atoms with Gasteiger partial charge >= 0.3 is 5.97 Å². The van der Waals surface area contributed by atoms with Crippen molar-refractivity contribution in [1.29, 1.82) is 0 Å². The first kappa shape index (κ1) is 17.9. The molecular weight excluding hydrogens is 309 g/mol. The summed E-state index contributed by atoms with van der Waals surface area (Å²) in [5, 5.41) is 0. The number of ether oxygens (including phenoxy) is 1. The Bertz CT molecular complexity index is 760. The Balaban J connectivity index is 2.16. The van der Waals surface area contributed by atoms with Gasteiger partial charge in [0.05, 0.1) is 5.56 Å². The number of esters is 1. The normalized spacial score (nSPS) is 12.3. The van der Waals surface area contributed by atoms with E-state index in [0.29, 0.717) is 11.1 Å². The fourth-order valence-corrected chi connectivity index (χ4v) is 2.90. The van der Waals surface area contributed by atoms with Crippen LogP contribution in [0.3, 0.4) is 0 Å². The Kier molecular flexibility index (Phi) is 5.22. The van der Waals surface area contributed by atoms with Crippen molar-refractivity contribution in [3.05, 3.63) is 58.7 Å². The van der Waals surface area contributed by atoms with E-state index in [0.717, 1.165) is 11.4 Å². The molecule has 4 nitrogen and oxygen atoms in total. The minimum atomic E-state index is -0.940. The second-order valence-corrected chi connectivity index (χ2v) is 6.17. The monoisotopic (exact) mass is 331 g/mol. The zero-order valence-corrected chi connectivity index (χ0v) is 14.6. The van der Waals surface area contributed by atoms with Crippen LogP contribution in [0.25, 0.3) is 0 Å². The second kappa shape index (κ2) is 6.99. The molecule has 5 heteroatoms. The summed E-state index contributed by atoms with van der Waals surface area (Å²) in [4.78, 5) is 24.7. The molecule has 2 rings (SSSR count). The topological polar surface area (TPSA) is 48.3 Å². The average molecular weight is 331 g/mol. The van der Waals surface area contributed by atoms with Crippen molar-refractivity contribution in [2.45, 2.75) is 46.8 Å². The summed E-state index contributed by atoms with van der Waals surface area (Å²) in [5.41, 5.74) is 2.55. The third kappa shape index (κ3) is 3.55. The number of hydrogen-bond acceptors (Lipinski definition) is 3. The summed E-state index contributed by atoms with van der Waals surface area (Å²) >= 11 is 0. The predicted molar refractivity (Wildman–Crippen MR) is 89.9 cm³/mol. The number of halogens is 1. The highest BCUT2D eigenvalue weighted by Crippen LogP contribution is 2.21. The molecular formula is C19H22FNO3. The van der Waals surface area contributed by atoms with Crippen molar-refractivity contribution >= 4 is 11.8 Å². The van der Waals surface area contributed by atoms with Crippen molar-refractivity contribution in [2.24, 2.45) is 0 Å². The smallest absolute Gasteiger partial charge is 0.340 e. The van der Waals surface area contributed by atoms with E-state index >= 15 is 0 Å². The van der Waals surface area contributed by atoms with Gasteiger partial charge < -0.3 is 9.30 Å². The highest BCUT2D eigenvalue weighted by atomic mass is 19.1. The Morgan fingerprint density at radius 2 is 1.67 bits per heavy atom. The van der Waals surface area contributed by atoms with E-state index in [4.69, 9.17) is 4.74 Å². The maximum absolute atomic E-state index is 12.9. The lowest BCUT2D eigenvalue weighted by molar-refractivity contribution is 0.0318. The van der Waals surface area contributed by atoms with Gasteiger partial charge in [-0.15, -0.1) is 0 Å². The van der Waals surface area contributed by atoms with Gasteiger partial charge in [0, 0.05) is 23.0 Å². The minimum Gasteiger partial charge on any atom is -0.451 e. The number of carbonyl (C=O) groups is 2. The number of rotatable bonds is 5. The quantitative estimate of drug-likeness (QED) is 0.608. The summed E-state index contributed by atoms with van der Waals surface area (Å²) in [6.07, 6.45) is -0.940. The largest absolute Gasteiger partial charge is 0.451 e. The van der Waals surface area contributed by atoms with Gasteiger partial charge in [0.25, 0.3) is 0 Å². The Morgan fingerprint density at radius 1 is 1.08 bits per heavy atom. The molecule has 128 valence electrons. The van der Waals surface area contributed by atoms with Crippen LogP contribution in [0.4, 0.5) is 4.39 Å². The number of ketones is 1. The molecule has 0 aliphatic heterocycles. The van der Waals surface area contributed by atoms with E-state index < -0.39 is 17.9 Å². The standard InChI is InChI=1S/C19H22FNO3/c1-11(2)21-12(3)10-17(13(21)4)19(23)24-14(5)18(22)15-6-8-16(20)9-7-15/h6-11,14H,1-5H3/t14-/m1/s1. The fourth-order valence-electron chi connectivity index (χ4n) is 2.90. The van der Waals surface area contributed by atoms with Gasteiger partial charge in [0.2, 0.25) is 5.78 Å². The van der Waals surface area contributed by atoms with Crippen molar-refractivity contribution in [1.82, 2.24) is 4.57 Å². The van der Waals surface area contributed by atoms with Crippen LogP contribution in [0.1, 0.15) is 58.9 Å². The molecule has 1 aromatic heterocycles. The number of nitrogens with zero attached hydrogens (tertiary/aromatic N) is 1. The number of benzene rings is 1. The first-order chi connectivity index (χ1) is 11.2. The molecule has 2 aromatic rings. The molecule has 0 aliphatic carbocycles. The highest BCUT2D eigenvalue weighted by molar-refractivity contribution is 6.01. The van der Waals surface area contributed by atoms with Crippen LogP contribution in [0.2, 0.25) is 0 Å². The van der Waals surface area contributed by atoms with Gasteiger partial charge in [0.15, 0.2) is 6.10 Å². The number of Topliss-reactive ketones (excluding diaryl/α,β-unsaturated/α-hetero) is 1. The number of carbonyl (C=O) groups excluding carboxylic acids is 2. The Labute approximate surface area is 141 Å². The highest BCUT2D eigenvalue weighted by Gasteiger charge is 2.24. The van der Waals surface area contributed by atoms with E-state index in [2.05, 4.69) is 0 Å². The predicted octanol–water partition coefficient (Wildman–Crippen LogP) is 4.25. The van der Waals surface area contributed by atoms with Gasteiger partial charge in [-0.2, -0.15) is 0 Å². The molecule has 0 fully saturated rings. The van der Waals surface area contributed by atoms with E-state index in [-0.39, 0.29) is 11.8 Å². The number of aromatic nitrogens is 1. The molecule has 0 radical (unpaired) electrons. The lowest BCUT2D eigenvalue weighted by Crippen LogP contribution is -2.24. The zero-order chi connectivity index (χ0) is 18.0. The molecule has 0 saturated carbocycles. The molecule has 24 heavy (non-hydrogen) atoms. The summed E-state index contributed by atoms with van der Waals surface area (Å²) in [5.74, 6) is -1.31. The van der Waals surface area contributed by atoms with Crippen molar-refractivity contribution in [3.8, 4) is 0 Å². The lowest BCUT2D eigenvalue weighted by Gasteiger charge is -2.15. The van der Waals surface area contributed by atoms with E-state index in [1.54, 1.807) is 6.07 Å².